The lowest BCUT2D eigenvalue weighted by Crippen LogP contribution is -2.32. The summed E-state index contributed by atoms with van der Waals surface area (Å²) in [4.78, 5) is 0. The fourth-order valence-corrected chi connectivity index (χ4v) is 5.38. The molecule has 0 radical (unpaired) electrons. The molecule has 0 spiro atoms. The van der Waals surface area contributed by atoms with Crippen LogP contribution >= 0.6 is 45.2 Å². The number of halogens is 2. The molecule has 1 unspecified atom stereocenters. The highest BCUT2D eigenvalue weighted by Crippen LogP contribution is 2.51. The van der Waals surface area contributed by atoms with E-state index >= 15 is 0 Å². The standard InChI is InChI=1S/C18H28I2/c1-5-15-12(2)13(3)16(11-17(15)18(4,19)20)14-9-7-6-8-10-14/h13-14,16H,2,5-11H2,1,3-4H3/t13-,16?/m1/s1. The third-order valence-electron chi connectivity index (χ3n) is 5.52. The Kier molecular flexibility index (Phi) is 6.06. The molecule has 0 bridgehead atoms. The van der Waals surface area contributed by atoms with Crippen LogP contribution < -0.4 is 0 Å². The molecular formula is C18H28I2. The van der Waals surface area contributed by atoms with E-state index in [1.165, 1.54) is 44.1 Å². The Bertz CT molecular complexity index is 394. The Morgan fingerprint density at radius 2 is 1.80 bits per heavy atom. The Hall–Kier alpha value is 0.940. The third-order valence-corrected chi connectivity index (χ3v) is 6.82. The van der Waals surface area contributed by atoms with Crippen LogP contribution in [-0.2, 0) is 0 Å². The highest BCUT2D eigenvalue weighted by Gasteiger charge is 2.39. The normalized spacial score (nSPS) is 29.9. The van der Waals surface area contributed by atoms with Crippen molar-refractivity contribution in [2.75, 3.05) is 0 Å². The summed E-state index contributed by atoms with van der Waals surface area (Å²) in [5.74, 6) is 2.47. The number of rotatable bonds is 3. The number of hydrogen-bond acceptors (Lipinski definition) is 0. The molecule has 0 nitrogen and oxygen atoms in total. The zero-order valence-corrected chi connectivity index (χ0v) is 17.5. The summed E-state index contributed by atoms with van der Waals surface area (Å²) in [6.07, 6.45) is 9.73. The van der Waals surface area contributed by atoms with E-state index in [9.17, 15) is 0 Å². The summed E-state index contributed by atoms with van der Waals surface area (Å²) in [6, 6.07) is 0. The van der Waals surface area contributed by atoms with E-state index in [-0.39, 0.29) is 1.43 Å². The summed E-state index contributed by atoms with van der Waals surface area (Å²) in [6.45, 7) is 11.6. The Morgan fingerprint density at radius 3 is 2.30 bits per heavy atom. The summed E-state index contributed by atoms with van der Waals surface area (Å²) in [7, 11) is 0. The molecule has 1 saturated carbocycles. The van der Waals surface area contributed by atoms with Crippen LogP contribution in [0.1, 0.15) is 65.7 Å². The van der Waals surface area contributed by atoms with E-state index in [0.717, 1.165) is 18.3 Å². The van der Waals surface area contributed by atoms with Gasteiger partial charge in [-0.2, -0.15) is 0 Å². The maximum Gasteiger partial charge on any atom is 0.0920 e. The van der Waals surface area contributed by atoms with Crippen molar-refractivity contribution >= 4 is 45.2 Å². The van der Waals surface area contributed by atoms with Crippen molar-refractivity contribution < 1.29 is 0 Å². The molecule has 20 heavy (non-hydrogen) atoms. The van der Waals surface area contributed by atoms with E-state index in [1.54, 1.807) is 11.1 Å². The molecule has 114 valence electrons. The molecular weight excluding hydrogens is 470 g/mol. The Labute approximate surface area is 152 Å². The predicted octanol–water partition coefficient (Wildman–Crippen LogP) is 7.07. The fourth-order valence-electron chi connectivity index (χ4n) is 4.28. The molecule has 2 aliphatic carbocycles. The summed E-state index contributed by atoms with van der Waals surface area (Å²) in [5, 5.41) is 0. The molecule has 1 fully saturated rings. The van der Waals surface area contributed by atoms with Gasteiger partial charge < -0.3 is 0 Å². The van der Waals surface area contributed by atoms with Crippen LogP contribution in [0.25, 0.3) is 0 Å². The van der Waals surface area contributed by atoms with E-state index in [1.807, 2.05) is 0 Å². The van der Waals surface area contributed by atoms with Crippen molar-refractivity contribution in [3.8, 4) is 0 Å². The molecule has 2 aliphatic rings. The van der Waals surface area contributed by atoms with Crippen LogP contribution in [0.5, 0.6) is 0 Å². The Morgan fingerprint density at radius 1 is 1.20 bits per heavy atom. The van der Waals surface area contributed by atoms with Gasteiger partial charge >= 0.3 is 0 Å². The second-order valence-electron chi connectivity index (χ2n) is 6.78. The van der Waals surface area contributed by atoms with Crippen LogP contribution in [0.3, 0.4) is 0 Å². The lowest BCUT2D eigenvalue weighted by Gasteiger charge is -2.42. The van der Waals surface area contributed by atoms with E-state index < -0.39 is 0 Å². The topological polar surface area (TPSA) is 0 Å². The van der Waals surface area contributed by atoms with Crippen molar-refractivity contribution in [3.63, 3.8) is 0 Å². The van der Waals surface area contributed by atoms with Gasteiger partial charge in [-0.3, -0.25) is 0 Å². The van der Waals surface area contributed by atoms with Crippen LogP contribution in [0.4, 0.5) is 0 Å². The first-order chi connectivity index (χ1) is 9.36. The maximum absolute atomic E-state index is 4.49. The Balaban J connectivity index is 2.30. The van der Waals surface area contributed by atoms with Gasteiger partial charge in [-0.05, 0) is 54.2 Å². The van der Waals surface area contributed by atoms with Gasteiger partial charge in [-0.1, -0.05) is 97.7 Å². The first kappa shape index (κ1) is 17.3. The largest absolute Gasteiger partial charge is 0.0953 e. The number of allylic oxidation sites excluding steroid dienone is 3. The first-order valence-corrected chi connectivity index (χ1v) is 10.3. The zero-order valence-electron chi connectivity index (χ0n) is 13.1. The average Bonchev–Trinajstić information content (AvgIpc) is 2.41. The average molecular weight is 498 g/mol. The molecule has 2 heteroatoms. The molecule has 0 aromatic rings. The van der Waals surface area contributed by atoms with Crippen molar-refractivity contribution in [2.24, 2.45) is 17.8 Å². The molecule has 0 amide bonds. The monoisotopic (exact) mass is 498 g/mol. The summed E-state index contributed by atoms with van der Waals surface area (Å²) >= 11 is 5.24. The molecule has 0 N–H and O–H groups in total. The predicted molar refractivity (Wildman–Crippen MR) is 107 cm³/mol. The van der Waals surface area contributed by atoms with Crippen LogP contribution in [0.15, 0.2) is 23.3 Å². The van der Waals surface area contributed by atoms with Gasteiger partial charge in [0.15, 0.2) is 0 Å². The second kappa shape index (κ2) is 7.01. The summed E-state index contributed by atoms with van der Waals surface area (Å²) < 4.78 is 0.247. The van der Waals surface area contributed by atoms with Gasteiger partial charge in [0.1, 0.15) is 0 Å². The van der Waals surface area contributed by atoms with Crippen LogP contribution in [-0.4, -0.2) is 1.43 Å². The molecule has 2 rings (SSSR count). The molecule has 0 saturated heterocycles. The van der Waals surface area contributed by atoms with Gasteiger partial charge in [0, 0.05) is 0 Å². The molecule has 0 heterocycles. The fraction of sp³-hybridized carbons (Fsp3) is 0.778. The van der Waals surface area contributed by atoms with E-state index in [0.29, 0.717) is 5.92 Å². The van der Waals surface area contributed by atoms with Crippen molar-refractivity contribution in [1.82, 2.24) is 0 Å². The van der Waals surface area contributed by atoms with Crippen LogP contribution in [0, 0.1) is 17.8 Å². The molecule has 2 atom stereocenters. The smallest absolute Gasteiger partial charge is 0.0920 e. The highest BCUT2D eigenvalue weighted by molar-refractivity contribution is 14.2. The van der Waals surface area contributed by atoms with Gasteiger partial charge in [0.2, 0.25) is 0 Å². The molecule has 0 aromatic carbocycles. The minimum absolute atomic E-state index is 0.247. The van der Waals surface area contributed by atoms with Gasteiger partial charge in [0.25, 0.3) is 0 Å². The van der Waals surface area contributed by atoms with Crippen molar-refractivity contribution in [2.45, 2.75) is 67.1 Å². The third kappa shape index (κ3) is 3.64. The van der Waals surface area contributed by atoms with Gasteiger partial charge in [0.05, 0.1) is 1.43 Å². The SMILES string of the molecule is C=C1C(CC)=C(C(C)(I)I)CC(C2CCCCC2)[C@@H]1C. The van der Waals surface area contributed by atoms with Gasteiger partial charge in [-0.25, -0.2) is 0 Å². The molecule has 0 aliphatic heterocycles. The summed E-state index contributed by atoms with van der Waals surface area (Å²) in [5.41, 5.74) is 4.71. The lowest BCUT2D eigenvalue weighted by molar-refractivity contribution is 0.196. The second-order valence-corrected chi connectivity index (χ2v) is 13.2. The zero-order chi connectivity index (χ0) is 14.9. The maximum atomic E-state index is 4.49. The van der Waals surface area contributed by atoms with Crippen molar-refractivity contribution in [1.29, 1.82) is 0 Å². The molecule has 0 aromatic heterocycles. The first-order valence-electron chi connectivity index (χ1n) is 8.15. The van der Waals surface area contributed by atoms with E-state index in [2.05, 4.69) is 72.5 Å². The highest BCUT2D eigenvalue weighted by atomic mass is 127. The van der Waals surface area contributed by atoms with E-state index in [4.69, 9.17) is 0 Å². The van der Waals surface area contributed by atoms with Gasteiger partial charge in [-0.15, -0.1) is 0 Å². The number of hydrogen-bond donors (Lipinski definition) is 0. The lowest BCUT2D eigenvalue weighted by atomic mass is 9.65. The van der Waals surface area contributed by atoms with Crippen LogP contribution in [0.2, 0.25) is 0 Å². The number of alkyl halides is 2. The quantitative estimate of drug-likeness (QED) is 0.289. The minimum Gasteiger partial charge on any atom is -0.0953 e. The van der Waals surface area contributed by atoms with Crippen molar-refractivity contribution in [3.05, 3.63) is 23.3 Å². The minimum atomic E-state index is 0.247.